The Bertz CT molecular complexity index is 426. The Morgan fingerprint density at radius 2 is 1.65 bits per heavy atom. The van der Waals surface area contributed by atoms with Gasteiger partial charge in [-0.15, -0.1) is 0 Å². The van der Waals surface area contributed by atoms with E-state index in [2.05, 4.69) is 37.8 Å². The van der Waals surface area contributed by atoms with Crippen LogP contribution in [0, 0.1) is 0 Å². The topological polar surface area (TPSA) is 42.1 Å². The molecule has 0 atom stereocenters. The van der Waals surface area contributed by atoms with Gasteiger partial charge in [0.1, 0.15) is 5.82 Å². The summed E-state index contributed by atoms with van der Waals surface area (Å²) in [4.78, 5) is 7.37. The molecule has 0 spiro atoms. The molecule has 0 unspecified atom stereocenters. The van der Waals surface area contributed by atoms with E-state index in [1.54, 1.807) is 0 Å². The average Bonchev–Trinajstić information content (AvgIpc) is 2.36. The fraction of sp³-hybridized carbons (Fsp3) is 0.706. The third-order valence-electron chi connectivity index (χ3n) is 4.06. The van der Waals surface area contributed by atoms with Crippen molar-refractivity contribution in [3.05, 3.63) is 23.4 Å². The minimum absolute atomic E-state index is 0.0721. The number of nitrogens with zero attached hydrogens (tertiary/aromatic N) is 2. The Morgan fingerprint density at radius 1 is 1.05 bits per heavy atom. The van der Waals surface area contributed by atoms with Crippen molar-refractivity contribution in [2.75, 3.05) is 18.0 Å². The Hall–Kier alpha value is -1.09. The van der Waals surface area contributed by atoms with Crippen molar-refractivity contribution < 1.29 is 0 Å². The molecule has 2 heterocycles. The summed E-state index contributed by atoms with van der Waals surface area (Å²) in [7, 11) is 0. The van der Waals surface area contributed by atoms with Gasteiger partial charge in [-0.25, -0.2) is 4.98 Å². The van der Waals surface area contributed by atoms with E-state index in [0.29, 0.717) is 6.54 Å². The zero-order valence-electron chi connectivity index (χ0n) is 13.3. The highest BCUT2D eigenvalue weighted by molar-refractivity contribution is 5.44. The van der Waals surface area contributed by atoms with Crippen molar-refractivity contribution in [3.8, 4) is 0 Å². The summed E-state index contributed by atoms with van der Waals surface area (Å²) in [5.74, 6) is 1.12. The first kappa shape index (κ1) is 15.3. The van der Waals surface area contributed by atoms with Crippen molar-refractivity contribution in [1.82, 2.24) is 4.98 Å². The first-order valence-electron chi connectivity index (χ1n) is 7.97. The lowest BCUT2D eigenvalue weighted by Crippen LogP contribution is -2.29. The fourth-order valence-electron chi connectivity index (χ4n) is 2.71. The molecule has 0 amide bonds. The van der Waals surface area contributed by atoms with Gasteiger partial charge in [-0.05, 0) is 30.5 Å². The van der Waals surface area contributed by atoms with Crippen LogP contribution in [0.1, 0.15) is 64.1 Å². The van der Waals surface area contributed by atoms with Crippen molar-refractivity contribution in [2.24, 2.45) is 5.73 Å². The molecule has 1 fully saturated rings. The van der Waals surface area contributed by atoms with E-state index in [-0.39, 0.29) is 5.41 Å². The van der Waals surface area contributed by atoms with E-state index in [1.165, 1.54) is 37.7 Å². The third kappa shape index (κ3) is 3.95. The lowest BCUT2D eigenvalue weighted by molar-refractivity contribution is 0.544. The first-order valence-corrected chi connectivity index (χ1v) is 7.97. The molecule has 1 aromatic heterocycles. The lowest BCUT2D eigenvalue weighted by atomic mass is 9.90. The minimum atomic E-state index is 0.0721. The van der Waals surface area contributed by atoms with Crippen LogP contribution >= 0.6 is 0 Å². The smallest absolute Gasteiger partial charge is 0.129 e. The predicted octanol–water partition coefficient (Wildman–Crippen LogP) is 3.61. The normalized spacial score (nSPS) is 17.7. The molecule has 1 saturated heterocycles. The van der Waals surface area contributed by atoms with Gasteiger partial charge in [-0.3, -0.25) is 0 Å². The van der Waals surface area contributed by atoms with Crippen LogP contribution in [0.3, 0.4) is 0 Å². The van der Waals surface area contributed by atoms with E-state index in [9.17, 15) is 0 Å². The second-order valence-corrected chi connectivity index (χ2v) is 6.93. The Kier molecular flexibility index (Phi) is 5.03. The van der Waals surface area contributed by atoms with Gasteiger partial charge in [0.2, 0.25) is 0 Å². The van der Waals surface area contributed by atoms with Crippen molar-refractivity contribution >= 4 is 5.82 Å². The lowest BCUT2D eigenvalue weighted by Gasteiger charge is -2.28. The highest BCUT2D eigenvalue weighted by Crippen LogP contribution is 2.26. The van der Waals surface area contributed by atoms with Crippen LogP contribution in [-0.4, -0.2) is 18.1 Å². The maximum Gasteiger partial charge on any atom is 0.129 e. The molecule has 1 aliphatic rings. The number of nitrogens with two attached hydrogens (primary N) is 1. The van der Waals surface area contributed by atoms with Crippen LogP contribution in [0.4, 0.5) is 5.82 Å². The zero-order valence-corrected chi connectivity index (χ0v) is 13.3. The van der Waals surface area contributed by atoms with E-state index < -0.39 is 0 Å². The maximum atomic E-state index is 5.87. The Labute approximate surface area is 123 Å². The number of rotatable bonds is 2. The molecule has 0 saturated carbocycles. The summed E-state index contributed by atoms with van der Waals surface area (Å²) in [5.41, 5.74) is 8.29. The molecule has 3 nitrogen and oxygen atoms in total. The summed E-state index contributed by atoms with van der Waals surface area (Å²) in [6.07, 6.45) is 6.63. The van der Waals surface area contributed by atoms with Crippen LogP contribution < -0.4 is 10.6 Å². The molecule has 1 aromatic rings. The van der Waals surface area contributed by atoms with E-state index in [1.807, 2.05) is 0 Å². The second-order valence-electron chi connectivity index (χ2n) is 6.93. The van der Waals surface area contributed by atoms with Gasteiger partial charge in [0.05, 0.1) is 0 Å². The molecule has 112 valence electrons. The summed E-state index contributed by atoms with van der Waals surface area (Å²) in [5, 5.41) is 0. The van der Waals surface area contributed by atoms with Gasteiger partial charge in [-0.1, -0.05) is 40.0 Å². The summed E-state index contributed by atoms with van der Waals surface area (Å²) in [6, 6.07) is 4.34. The third-order valence-corrected chi connectivity index (χ3v) is 4.06. The van der Waals surface area contributed by atoms with Gasteiger partial charge in [0.15, 0.2) is 0 Å². The highest BCUT2D eigenvalue weighted by Gasteiger charge is 2.19. The minimum Gasteiger partial charge on any atom is -0.357 e. The van der Waals surface area contributed by atoms with Crippen molar-refractivity contribution in [3.63, 3.8) is 0 Å². The molecular weight excluding hydrogens is 246 g/mol. The molecule has 2 N–H and O–H groups in total. The first-order chi connectivity index (χ1) is 9.50. The van der Waals surface area contributed by atoms with Crippen LogP contribution in [0.5, 0.6) is 0 Å². The van der Waals surface area contributed by atoms with Crippen LogP contribution in [0.2, 0.25) is 0 Å². The number of pyridine rings is 1. The molecule has 0 aliphatic carbocycles. The molecule has 0 bridgehead atoms. The van der Waals surface area contributed by atoms with E-state index >= 15 is 0 Å². The largest absolute Gasteiger partial charge is 0.357 e. The molecule has 1 aliphatic heterocycles. The summed E-state index contributed by atoms with van der Waals surface area (Å²) >= 11 is 0. The zero-order chi connectivity index (χ0) is 14.6. The fourth-order valence-corrected chi connectivity index (χ4v) is 2.71. The van der Waals surface area contributed by atoms with Crippen LogP contribution in [0.25, 0.3) is 0 Å². The highest BCUT2D eigenvalue weighted by atomic mass is 15.2. The van der Waals surface area contributed by atoms with E-state index in [0.717, 1.165) is 24.6 Å². The Balaban J connectivity index is 2.29. The van der Waals surface area contributed by atoms with Crippen molar-refractivity contribution in [1.29, 1.82) is 0 Å². The summed E-state index contributed by atoms with van der Waals surface area (Å²) < 4.78 is 0. The molecular formula is C17H29N3. The maximum absolute atomic E-state index is 5.87. The SMILES string of the molecule is CC(C)(C)c1cc(CN)cc(N2CCCCCCC2)n1. The standard InChI is InChI=1S/C17H29N3/c1-17(2,3)15-11-14(13-18)12-16(19-15)20-9-7-5-4-6-8-10-20/h11-12H,4-10,13,18H2,1-3H3. The molecule has 20 heavy (non-hydrogen) atoms. The van der Waals surface area contributed by atoms with Gasteiger partial charge >= 0.3 is 0 Å². The van der Waals surface area contributed by atoms with Gasteiger partial charge in [-0.2, -0.15) is 0 Å². The number of hydrogen-bond acceptors (Lipinski definition) is 3. The molecule has 3 heteroatoms. The molecule has 0 aromatic carbocycles. The van der Waals surface area contributed by atoms with Crippen LogP contribution in [0.15, 0.2) is 12.1 Å². The predicted molar refractivity (Wildman–Crippen MR) is 86.1 cm³/mol. The number of anilines is 1. The second kappa shape index (κ2) is 6.57. The monoisotopic (exact) mass is 275 g/mol. The van der Waals surface area contributed by atoms with E-state index in [4.69, 9.17) is 10.7 Å². The summed E-state index contributed by atoms with van der Waals surface area (Å²) in [6.45, 7) is 9.49. The Morgan fingerprint density at radius 3 is 2.20 bits per heavy atom. The quantitative estimate of drug-likeness (QED) is 0.896. The van der Waals surface area contributed by atoms with Gasteiger partial charge in [0.25, 0.3) is 0 Å². The molecule has 0 radical (unpaired) electrons. The van der Waals surface area contributed by atoms with Crippen LogP contribution in [-0.2, 0) is 12.0 Å². The number of aromatic nitrogens is 1. The van der Waals surface area contributed by atoms with Crippen molar-refractivity contribution in [2.45, 2.75) is 64.8 Å². The van der Waals surface area contributed by atoms with Gasteiger partial charge in [0, 0.05) is 30.7 Å². The average molecular weight is 275 g/mol. The molecule has 2 rings (SSSR count). The van der Waals surface area contributed by atoms with Gasteiger partial charge < -0.3 is 10.6 Å². The number of hydrogen-bond donors (Lipinski definition) is 1.